The fourth-order valence-corrected chi connectivity index (χ4v) is 3.80. The van der Waals surface area contributed by atoms with Crippen LogP contribution in [-0.2, 0) is 4.57 Å². The molecule has 1 aliphatic heterocycles. The molecule has 0 spiro atoms. The minimum atomic E-state index is -3.22. The number of benzene rings is 1. The third kappa shape index (κ3) is 2.07. The van der Waals surface area contributed by atoms with Crippen LogP contribution < -0.4 is 5.32 Å². The lowest BCUT2D eigenvalue weighted by Gasteiger charge is -2.29. The molecule has 15 heavy (non-hydrogen) atoms. The first-order chi connectivity index (χ1) is 7.11. The maximum absolute atomic E-state index is 11.9. The third-order valence-corrected chi connectivity index (χ3v) is 4.85. The van der Waals surface area contributed by atoms with Gasteiger partial charge in [0.05, 0.1) is 0 Å². The molecule has 0 amide bonds. The molecule has 1 saturated heterocycles. The molecule has 0 aliphatic carbocycles. The molecular weight excluding hydrogens is 213 g/mol. The Hall–Kier alpha value is -0.830. The summed E-state index contributed by atoms with van der Waals surface area (Å²) in [4.78, 5) is 9.79. The number of phenols is 1. The van der Waals surface area contributed by atoms with Gasteiger partial charge in [0.2, 0.25) is 7.37 Å². The molecule has 1 aliphatic rings. The van der Waals surface area contributed by atoms with Gasteiger partial charge in [-0.25, -0.2) is 0 Å². The molecule has 1 aromatic rings. The molecule has 4 nitrogen and oxygen atoms in total. The van der Waals surface area contributed by atoms with Crippen LogP contribution in [-0.4, -0.2) is 22.7 Å². The van der Waals surface area contributed by atoms with E-state index in [2.05, 4.69) is 5.32 Å². The summed E-state index contributed by atoms with van der Waals surface area (Å²) in [6.07, 6.45) is 1.02. The Balaban J connectivity index is 2.37. The average molecular weight is 227 g/mol. The quantitative estimate of drug-likeness (QED) is 0.638. The highest BCUT2D eigenvalue weighted by Crippen LogP contribution is 2.57. The van der Waals surface area contributed by atoms with Crippen molar-refractivity contribution in [2.45, 2.75) is 12.2 Å². The zero-order chi connectivity index (χ0) is 10.9. The Bertz CT molecular complexity index is 407. The second kappa shape index (κ2) is 3.97. The molecule has 2 unspecified atom stereocenters. The molecule has 1 heterocycles. The number of phenolic OH excluding ortho intramolecular Hbond substituents is 1. The minimum absolute atomic E-state index is 0.0752. The van der Waals surface area contributed by atoms with E-state index in [-0.39, 0.29) is 5.75 Å². The first-order valence-corrected chi connectivity index (χ1v) is 6.85. The van der Waals surface area contributed by atoms with Crippen LogP contribution in [0.25, 0.3) is 0 Å². The van der Waals surface area contributed by atoms with Crippen molar-refractivity contribution in [3.8, 4) is 5.75 Å². The summed E-state index contributed by atoms with van der Waals surface area (Å²) in [5.41, 5.74) is 0.517. The summed E-state index contributed by atoms with van der Waals surface area (Å²) in [7, 11) is -3.22. The van der Waals surface area contributed by atoms with Gasteiger partial charge in [0.1, 0.15) is 11.5 Å². The van der Waals surface area contributed by atoms with Crippen LogP contribution in [0.15, 0.2) is 24.3 Å². The Morgan fingerprint density at radius 2 is 2.13 bits per heavy atom. The highest BCUT2D eigenvalue weighted by Gasteiger charge is 2.35. The third-order valence-electron chi connectivity index (χ3n) is 2.63. The van der Waals surface area contributed by atoms with E-state index in [1.54, 1.807) is 18.2 Å². The topological polar surface area (TPSA) is 69.6 Å². The molecule has 0 aromatic heterocycles. The number of hydrogen-bond donors (Lipinski definition) is 3. The Kier molecular flexibility index (Phi) is 2.83. The highest BCUT2D eigenvalue weighted by molar-refractivity contribution is 7.58. The van der Waals surface area contributed by atoms with E-state index in [1.165, 1.54) is 6.07 Å². The van der Waals surface area contributed by atoms with Crippen molar-refractivity contribution < 1.29 is 14.6 Å². The van der Waals surface area contributed by atoms with E-state index in [9.17, 15) is 14.6 Å². The fraction of sp³-hybridized carbons (Fsp3) is 0.400. The predicted molar refractivity (Wildman–Crippen MR) is 58.2 cm³/mol. The zero-order valence-corrected chi connectivity index (χ0v) is 9.15. The molecule has 3 N–H and O–H groups in total. The maximum atomic E-state index is 11.9. The summed E-state index contributed by atoms with van der Waals surface area (Å²) in [6, 6.07) is 6.67. The molecule has 5 heteroatoms. The SMILES string of the molecule is O=P1(O)CCCNC1c1ccccc1O. The number of para-hydroxylation sites is 1. The summed E-state index contributed by atoms with van der Waals surface area (Å²) in [5, 5.41) is 12.6. The first kappa shape index (κ1) is 10.7. The molecule has 0 bridgehead atoms. The van der Waals surface area contributed by atoms with E-state index in [4.69, 9.17) is 0 Å². The largest absolute Gasteiger partial charge is 0.508 e. The molecule has 1 aromatic carbocycles. The van der Waals surface area contributed by atoms with Gasteiger partial charge in [0.15, 0.2) is 0 Å². The van der Waals surface area contributed by atoms with Gasteiger partial charge in [-0.05, 0) is 19.0 Å². The van der Waals surface area contributed by atoms with Crippen LogP contribution in [0, 0.1) is 0 Å². The van der Waals surface area contributed by atoms with Crippen molar-refractivity contribution >= 4 is 7.37 Å². The second-order valence-corrected chi connectivity index (χ2v) is 6.22. The second-order valence-electron chi connectivity index (χ2n) is 3.75. The number of hydrogen-bond acceptors (Lipinski definition) is 3. The molecule has 2 atom stereocenters. The summed E-state index contributed by atoms with van der Waals surface area (Å²) >= 11 is 0. The zero-order valence-electron chi connectivity index (χ0n) is 8.26. The Morgan fingerprint density at radius 1 is 1.40 bits per heavy atom. The van der Waals surface area contributed by atoms with Crippen LogP contribution in [0.3, 0.4) is 0 Å². The lowest BCUT2D eigenvalue weighted by atomic mass is 10.2. The van der Waals surface area contributed by atoms with Crippen molar-refractivity contribution in [2.75, 3.05) is 12.7 Å². The molecular formula is C10H14NO3P. The van der Waals surface area contributed by atoms with E-state index in [0.717, 1.165) is 0 Å². The van der Waals surface area contributed by atoms with Crippen molar-refractivity contribution in [2.24, 2.45) is 0 Å². The molecule has 1 fully saturated rings. The standard InChI is InChI=1S/C10H14NO3P/c12-9-5-2-1-4-8(9)10-11-6-3-7-15(10,13)14/h1-2,4-5,10-12H,3,6-7H2,(H,13,14). The van der Waals surface area contributed by atoms with Gasteiger partial charge in [0.25, 0.3) is 0 Å². The van der Waals surface area contributed by atoms with Crippen LogP contribution in [0.4, 0.5) is 0 Å². The number of nitrogens with one attached hydrogen (secondary N) is 1. The van der Waals surface area contributed by atoms with E-state index in [0.29, 0.717) is 24.7 Å². The van der Waals surface area contributed by atoms with Crippen molar-refractivity contribution in [3.63, 3.8) is 0 Å². The van der Waals surface area contributed by atoms with Gasteiger partial charge < -0.3 is 15.3 Å². The summed E-state index contributed by atoms with van der Waals surface area (Å²) in [6.45, 7) is 0.712. The highest BCUT2D eigenvalue weighted by atomic mass is 31.2. The molecule has 0 saturated carbocycles. The monoisotopic (exact) mass is 227 g/mol. The van der Waals surface area contributed by atoms with E-state index >= 15 is 0 Å². The minimum Gasteiger partial charge on any atom is -0.508 e. The van der Waals surface area contributed by atoms with Gasteiger partial charge in [-0.15, -0.1) is 0 Å². The number of aromatic hydroxyl groups is 1. The predicted octanol–water partition coefficient (Wildman–Crippen LogP) is 1.65. The van der Waals surface area contributed by atoms with Gasteiger partial charge >= 0.3 is 0 Å². The summed E-state index contributed by atoms with van der Waals surface area (Å²) in [5.74, 6) is -0.543. The van der Waals surface area contributed by atoms with Gasteiger partial charge in [-0.3, -0.25) is 4.57 Å². The lowest BCUT2D eigenvalue weighted by Crippen LogP contribution is -2.29. The Labute approximate surface area is 88.4 Å². The van der Waals surface area contributed by atoms with Crippen molar-refractivity contribution in [1.82, 2.24) is 5.32 Å². The maximum Gasteiger partial charge on any atom is 0.221 e. The average Bonchev–Trinajstić information content (AvgIpc) is 2.19. The Morgan fingerprint density at radius 3 is 2.80 bits per heavy atom. The van der Waals surface area contributed by atoms with Crippen LogP contribution in [0.1, 0.15) is 17.8 Å². The normalized spacial score (nSPS) is 31.4. The van der Waals surface area contributed by atoms with Crippen LogP contribution in [0.5, 0.6) is 5.75 Å². The fourth-order valence-electron chi connectivity index (χ4n) is 1.86. The smallest absolute Gasteiger partial charge is 0.221 e. The van der Waals surface area contributed by atoms with Gasteiger partial charge in [-0.1, -0.05) is 18.2 Å². The van der Waals surface area contributed by atoms with E-state index in [1.807, 2.05) is 0 Å². The van der Waals surface area contributed by atoms with Crippen LogP contribution >= 0.6 is 7.37 Å². The van der Waals surface area contributed by atoms with Gasteiger partial charge in [-0.2, -0.15) is 0 Å². The summed E-state index contributed by atoms with van der Waals surface area (Å²) < 4.78 is 11.9. The molecule has 0 radical (unpaired) electrons. The molecule has 82 valence electrons. The molecule has 2 rings (SSSR count). The lowest BCUT2D eigenvalue weighted by molar-refractivity contribution is 0.417. The van der Waals surface area contributed by atoms with E-state index < -0.39 is 13.2 Å². The van der Waals surface area contributed by atoms with Crippen molar-refractivity contribution in [3.05, 3.63) is 29.8 Å². The van der Waals surface area contributed by atoms with Crippen LogP contribution in [0.2, 0.25) is 0 Å². The first-order valence-electron chi connectivity index (χ1n) is 4.94. The number of rotatable bonds is 1. The van der Waals surface area contributed by atoms with Crippen molar-refractivity contribution in [1.29, 1.82) is 0 Å². The van der Waals surface area contributed by atoms with Gasteiger partial charge in [0, 0.05) is 11.7 Å².